The minimum atomic E-state index is 0.865. The van der Waals surface area contributed by atoms with Crippen LogP contribution in [0.25, 0.3) is 0 Å². The summed E-state index contributed by atoms with van der Waals surface area (Å²) in [5.41, 5.74) is 0. The first kappa shape index (κ1) is 11.4. The summed E-state index contributed by atoms with van der Waals surface area (Å²) in [4.78, 5) is 0. The molecule has 0 unspecified atom stereocenters. The Kier molecular flexibility index (Phi) is 4.94. The van der Waals surface area contributed by atoms with Crippen molar-refractivity contribution in [2.24, 2.45) is 5.92 Å². The molecule has 0 amide bonds. The first-order valence-corrected chi connectivity index (χ1v) is 6.76. The summed E-state index contributed by atoms with van der Waals surface area (Å²) in [7, 11) is 0. The summed E-state index contributed by atoms with van der Waals surface area (Å²) in [5, 5.41) is 3.53. The van der Waals surface area contributed by atoms with Crippen LogP contribution >= 0.6 is 0 Å². The highest BCUT2D eigenvalue weighted by atomic mass is 16.5. The topological polar surface area (TPSA) is 21.3 Å². The summed E-state index contributed by atoms with van der Waals surface area (Å²) in [6.07, 6.45) is 11.0. The zero-order valence-electron chi connectivity index (χ0n) is 9.84. The van der Waals surface area contributed by atoms with Gasteiger partial charge < -0.3 is 10.1 Å². The summed E-state index contributed by atoms with van der Waals surface area (Å²) in [6.45, 7) is 3.16. The van der Waals surface area contributed by atoms with E-state index >= 15 is 0 Å². The van der Waals surface area contributed by atoms with E-state index < -0.39 is 0 Å². The van der Waals surface area contributed by atoms with Crippen LogP contribution < -0.4 is 5.32 Å². The average molecular weight is 211 g/mol. The van der Waals surface area contributed by atoms with Crippen molar-refractivity contribution in [2.45, 2.75) is 57.4 Å². The summed E-state index contributed by atoms with van der Waals surface area (Å²) >= 11 is 0. The van der Waals surface area contributed by atoms with Gasteiger partial charge in [-0.25, -0.2) is 0 Å². The monoisotopic (exact) mass is 211 g/mol. The molecular weight excluding hydrogens is 186 g/mol. The molecule has 0 saturated heterocycles. The molecule has 2 rings (SSSR count). The van der Waals surface area contributed by atoms with Crippen LogP contribution in [0.1, 0.15) is 51.4 Å². The molecular formula is C13H25NO. The minimum absolute atomic E-state index is 0.865. The van der Waals surface area contributed by atoms with E-state index in [1.165, 1.54) is 57.9 Å². The molecule has 88 valence electrons. The second-order valence-electron chi connectivity index (χ2n) is 5.13. The van der Waals surface area contributed by atoms with E-state index in [1.807, 2.05) is 0 Å². The van der Waals surface area contributed by atoms with Crippen LogP contribution in [0.15, 0.2) is 0 Å². The van der Waals surface area contributed by atoms with Gasteiger partial charge in [0.2, 0.25) is 0 Å². The van der Waals surface area contributed by atoms with Crippen molar-refractivity contribution in [3.63, 3.8) is 0 Å². The van der Waals surface area contributed by atoms with Gasteiger partial charge in [-0.3, -0.25) is 0 Å². The van der Waals surface area contributed by atoms with Crippen molar-refractivity contribution in [1.82, 2.24) is 5.32 Å². The zero-order valence-corrected chi connectivity index (χ0v) is 9.84. The van der Waals surface area contributed by atoms with E-state index in [9.17, 15) is 0 Å². The fourth-order valence-corrected chi connectivity index (χ4v) is 2.06. The summed E-state index contributed by atoms with van der Waals surface area (Å²) in [6, 6.07) is 0.865. The predicted molar refractivity (Wildman–Crippen MR) is 63.0 cm³/mol. The maximum atomic E-state index is 5.63. The molecule has 2 saturated carbocycles. The van der Waals surface area contributed by atoms with Crippen molar-refractivity contribution >= 4 is 0 Å². The van der Waals surface area contributed by atoms with Gasteiger partial charge in [0, 0.05) is 19.3 Å². The van der Waals surface area contributed by atoms with E-state index in [1.54, 1.807) is 0 Å². The average Bonchev–Trinajstić information content (AvgIpc) is 2.96. The van der Waals surface area contributed by atoms with Crippen molar-refractivity contribution in [2.75, 3.05) is 19.8 Å². The van der Waals surface area contributed by atoms with Gasteiger partial charge in [0.05, 0.1) is 0 Å². The summed E-state index contributed by atoms with van der Waals surface area (Å²) < 4.78 is 5.63. The third-order valence-electron chi connectivity index (χ3n) is 3.62. The van der Waals surface area contributed by atoms with E-state index in [4.69, 9.17) is 4.74 Å². The largest absolute Gasteiger partial charge is 0.381 e. The van der Waals surface area contributed by atoms with Gasteiger partial charge in [0.15, 0.2) is 0 Å². The number of hydrogen-bond donors (Lipinski definition) is 1. The van der Waals surface area contributed by atoms with Gasteiger partial charge in [-0.05, 0) is 44.6 Å². The molecule has 2 heteroatoms. The third kappa shape index (κ3) is 4.98. The lowest BCUT2D eigenvalue weighted by atomic mass is 9.83. The van der Waals surface area contributed by atoms with Gasteiger partial charge >= 0.3 is 0 Å². The Morgan fingerprint density at radius 3 is 2.53 bits per heavy atom. The number of hydrogen-bond acceptors (Lipinski definition) is 2. The maximum absolute atomic E-state index is 5.63. The van der Waals surface area contributed by atoms with Crippen molar-refractivity contribution in [3.8, 4) is 0 Å². The second kappa shape index (κ2) is 6.49. The zero-order chi connectivity index (χ0) is 10.3. The first-order chi connectivity index (χ1) is 7.45. The normalized spacial score (nSPS) is 21.6. The van der Waals surface area contributed by atoms with Gasteiger partial charge in [0.25, 0.3) is 0 Å². The Hall–Kier alpha value is -0.0800. The molecule has 0 aromatic heterocycles. The van der Waals surface area contributed by atoms with Gasteiger partial charge in [-0.2, -0.15) is 0 Å². The first-order valence-electron chi connectivity index (χ1n) is 6.76. The van der Waals surface area contributed by atoms with Crippen LogP contribution in [0, 0.1) is 5.92 Å². The van der Waals surface area contributed by atoms with E-state index in [-0.39, 0.29) is 0 Å². The Morgan fingerprint density at radius 2 is 1.87 bits per heavy atom. The third-order valence-corrected chi connectivity index (χ3v) is 3.62. The Morgan fingerprint density at radius 1 is 1.00 bits per heavy atom. The van der Waals surface area contributed by atoms with Crippen LogP contribution in [-0.4, -0.2) is 25.8 Å². The van der Waals surface area contributed by atoms with Crippen LogP contribution in [0.3, 0.4) is 0 Å². The van der Waals surface area contributed by atoms with E-state index in [0.29, 0.717) is 0 Å². The lowest BCUT2D eigenvalue weighted by molar-refractivity contribution is 0.104. The minimum Gasteiger partial charge on any atom is -0.381 e. The number of unbranched alkanes of at least 4 members (excludes halogenated alkanes) is 1. The highest BCUT2D eigenvalue weighted by Gasteiger charge is 2.19. The Bertz CT molecular complexity index is 164. The highest BCUT2D eigenvalue weighted by molar-refractivity contribution is 4.80. The van der Waals surface area contributed by atoms with Crippen molar-refractivity contribution in [1.29, 1.82) is 0 Å². The lowest BCUT2D eigenvalue weighted by Crippen LogP contribution is -2.18. The molecule has 0 aromatic rings. The smallest absolute Gasteiger partial charge is 0.0468 e. The molecule has 2 aliphatic rings. The molecule has 2 aliphatic carbocycles. The predicted octanol–water partition coefficient (Wildman–Crippen LogP) is 2.73. The van der Waals surface area contributed by atoms with Crippen LogP contribution in [-0.2, 0) is 4.74 Å². The quantitative estimate of drug-likeness (QED) is 0.592. The Labute approximate surface area is 93.8 Å². The molecule has 0 heterocycles. The molecule has 2 fully saturated rings. The second-order valence-corrected chi connectivity index (χ2v) is 5.13. The van der Waals surface area contributed by atoms with E-state index in [2.05, 4.69) is 5.32 Å². The van der Waals surface area contributed by atoms with E-state index in [0.717, 1.165) is 25.2 Å². The molecule has 0 radical (unpaired) electrons. The molecule has 0 atom stereocenters. The number of ether oxygens (including phenoxy) is 1. The molecule has 1 N–H and O–H groups in total. The molecule has 0 aromatic carbocycles. The van der Waals surface area contributed by atoms with Gasteiger partial charge in [-0.15, -0.1) is 0 Å². The summed E-state index contributed by atoms with van der Waals surface area (Å²) in [5.74, 6) is 1.00. The van der Waals surface area contributed by atoms with Gasteiger partial charge in [0.1, 0.15) is 0 Å². The lowest BCUT2D eigenvalue weighted by Gasteiger charge is -2.24. The highest BCUT2D eigenvalue weighted by Crippen LogP contribution is 2.29. The van der Waals surface area contributed by atoms with Gasteiger partial charge in [-0.1, -0.05) is 19.3 Å². The molecule has 15 heavy (non-hydrogen) atoms. The Balaban J connectivity index is 1.26. The van der Waals surface area contributed by atoms with Crippen molar-refractivity contribution < 1.29 is 4.74 Å². The fourth-order valence-electron chi connectivity index (χ4n) is 2.06. The molecule has 0 spiro atoms. The SMILES string of the molecule is C(CCOCCC1CCC1)CNC1CC1. The number of nitrogens with one attached hydrogen (secondary N) is 1. The van der Waals surface area contributed by atoms with Crippen LogP contribution in [0.2, 0.25) is 0 Å². The van der Waals surface area contributed by atoms with Crippen LogP contribution in [0.5, 0.6) is 0 Å². The molecule has 0 bridgehead atoms. The van der Waals surface area contributed by atoms with Crippen molar-refractivity contribution in [3.05, 3.63) is 0 Å². The number of rotatable bonds is 9. The fraction of sp³-hybridized carbons (Fsp3) is 1.00. The molecule has 0 aliphatic heterocycles. The molecule has 2 nitrogen and oxygen atoms in total. The maximum Gasteiger partial charge on any atom is 0.0468 e. The standard InChI is InChI=1S/C13H25NO/c1(9-14-13-6-7-13)2-10-15-11-8-12-4-3-5-12/h12-14H,1-11H2. The van der Waals surface area contributed by atoms with Crippen LogP contribution in [0.4, 0.5) is 0 Å².